The number of esters is 1. The standard InChI is InChI=1S/C63H123NO5/c1-3-5-7-9-11-13-15-17-31-35-39-43-47-51-55-61(66)60(59-65)64-62(67)56-52-48-44-40-36-32-29-27-25-23-21-19-20-22-24-26-28-30-34-38-42-46-50-54-58-69-63(68)57-53-49-45-41-37-33-18-16-14-12-10-8-6-4-2/h51,55,60-61,65-66H,3-50,52-54,56-59H2,1-2H3,(H,64,67)/b55-51+. The minimum atomic E-state index is -0.842. The van der Waals surface area contributed by atoms with Crippen LogP contribution in [0.4, 0.5) is 0 Å². The minimum Gasteiger partial charge on any atom is -0.466 e. The molecule has 69 heavy (non-hydrogen) atoms. The van der Waals surface area contributed by atoms with E-state index in [0.29, 0.717) is 19.4 Å². The number of allylic oxidation sites excluding steroid dienone is 1. The van der Waals surface area contributed by atoms with Gasteiger partial charge in [-0.3, -0.25) is 9.59 Å². The van der Waals surface area contributed by atoms with E-state index in [9.17, 15) is 19.8 Å². The van der Waals surface area contributed by atoms with Crippen LogP contribution in [0.15, 0.2) is 12.2 Å². The number of hydrogen-bond donors (Lipinski definition) is 3. The van der Waals surface area contributed by atoms with Crippen molar-refractivity contribution >= 4 is 11.9 Å². The van der Waals surface area contributed by atoms with Crippen LogP contribution in [0.25, 0.3) is 0 Å². The fourth-order valence-corrected chi connectivity index (χ4v) is 9.99. The number of unbranched alkanes of at least 4 members (excludes halogenated alkanes) is 48. The highest BCUT2D eigenvalue weighted by atomic mass is 16.5. The van der Waals surface area contributed by atoms with Gasteiger partial charge in [0.05, 0.1) is 25.4 Å². The van der Waals surface area contributed by atoms with Crippen molar-refractivity contribution in [2.75, 3.05) is 13.2 Å². The third kappa shape index (κ3) is 55.8. The summed E-state index contributed by atoms with van der Waals surface area (Å²) in [5.41, 5.74) is 0. The Morgan fingerprint density at radius 2 is 0.667 bits per heavy atom. The van der Waals surface area contributed by atoms with E-state index in [1.54, 1.807) is 6.08 Å². The predicted molar refractivity (Wildman–Crippen MR) is 301 cm³/mol. The summed E-state index contributed by atoms with van der Waals surface area (Å²) in [6.07, 6.45) is 71.1. The molecule has 0 fully saturated rings. The number of nitrogens with one attached hydrogen (secondary N) is 1. The van der Waals surface area contributed by atoms with E-state index in [2.05, 4.69) is 19.2 Å². The molecule has 0 aromatic rings. The van der Waals surface area contributed by atoms with E-state index in [4.69, 9.17) is 4.74 Å². The van der Waals surface area contributed by atoms with Crippen molar-refractivity contribution in [1.82, 2.24) is 5.32 Å². The lowest BCUT2D eigenvalue weighted by Gasteiger charge is -2.20. The molecule has 0 saturated carbocycles. The smallest absolute Gasteiger partial charge is 0.305 e. The van der Waals surface area contributed by atoms with Gasteiger partial charge in [0.25, 0.3) is 0 Å². The van der Waals surface area contributed by atoms with Crippen molar-refractivity contribution in [3.05, 3.63) is 12.2 Å². The van der Waals surface area contributed by atoms with Crippen molar-refractivity contribution in [2.45, 2.75) is 366 Å². The lowest BCUT2D eigenvalue weighted by atomic mass is 10.0. The maximum absolute atomic E-state index is 12.5. The number of carbonyl (C=O) groups is 2. The van der Waals surface area contributed by atoms with Crippen LogP contribution < -0.4 is 5.32 Å². The highest BCUT2D eigenvalue weighted by Crippen LogP contribution is 2.18. The zero-order chi connectivity index (χ0) is 50.0. The molecule has 0 bridgehead atoms. The van der Waals surface area contributed by atoms with Gasteiger partial charge in [0.15, 0.2) is 0 Å². The summed E-state index contributed by atoms with van der Waals surface area (Å²) in [6, 6.07) is -0.625. The molecule has 1 amide bonds. The second-order valence-corrected chi connectivity index (χ2v) is 21.8. The zero-order valence-corrected chi connectivity index (χ0v) is 46.8. The maximum Gasteiger partial charge on any atom is 0.305 e. The molecule has 0 spiro atoms. The number of amides is 1. The van der Waals surface area contributed by atoms with Crippen LogP contribution in [0.2, 0.25) is 0 Å². The Labute approximate surface area is 431 Å². The summed E-state index contributed by atoms with van der Waals surface area (Å²) in [4.78, 5) is 24.5. The van der Waals surface area contributed by atoms with Crippen molar-refractivity contribution < 1.29 is 24.5 Å². The van der Waals surface area contributed by atoms with Gasteiger partial charge in [-0.1, -0.05) is 321 Å². The molecule has 0 aliphatic carbocycles. The highest BCUT2D eigenvalue weighted by Gasteiger charge is 2.18. The van der Waals surface area contributed by atoms with E-state index in [-0.39, 0.29) is 18.5 Å². The van der Waals surface area contributed by atoms with Crippen molar-refractivity contribution in [2.24, 2.45) is 0 Å². The van der Waals surface area contributed by atoms with E-state index in [1.807, 2.05) is 6.08 Å². The van der Waals surface area contributed by atoms with Gasteiger partial charge in [0.2, 0.25) is 5.91 Å². The second kappa shape index (κ2) is 59.2. The van der Waals surface area contributed by atoms with Gasteiger partial charge < -0.3 is 20.3 Å². The fraction of sp³-hybridized carbons (Fsp3) is 0.937. The van der Waals surface area contributed by atoms with E-state index in [0.717, 1.165) is 38.5 Å². The van der Waals surface area contributed by atoms with Gasteiger partial charge in [-0.25, -0.2) is 0 Å². The first-order chi connectivity index (χ1) is 34.0. The lowest BCUT2D eigenvalue weighted by molar-refractivity contribution is -0.143. The Bertz CT molecular complexity index is 1030. The van der Waals surface area contributed by atoms with Crippen LogP contribution in [0.1, 0.15) is 354 Å². The molecule has 0 heterocycles. The van der Waals surface area contributed by atoms with Gasteiger partial charge in [0, 0.05) is 12.8 Å². The Hall–Kier alpha value is -1.40. The molecule has 410 valence electrons. The van der Waals surface area contributed by atoms with Crippen LogP contribution in [-0.2, 0) is 14.3 Å². The van der Waals surface area contributed by atoms with E-state index >= 15 is 0 Å². The Morgan fingerprint density at radius 3 is 0.986 bits per heavy atom. The van der Waals surface area contributed by atoms with Crippen LogP contribution in [0.3, 0.4) is 0 Å². The van der Waals surface area contributed by atoms with Gasteiger partial charge >= 0.3 is 5.97 Å². The summed E-state index contributed by atoms with van der Waals surface area (Å²) in [7, 11) is 0. The van der Waals surface area contributed by atoms with E-state index in [1.165, 1.54) is 289 Å². The van der Waals surface area contributed by atoms with Gasteiger partial charge in [-0.05, 0) is 32.1 Å². The molecule has 6 heteroatoms. The quantitative estimate of drug-likeness (QED) is 0.0321. The normalized spacial score (nSPS) is 12.6. The molecule has 6 nitrogen and oxygen atoms in total. The number of rotatable bonds is 59. The van der Waals surface area contributed by atoms with Crippen LogP contribution >= 0.6 is 0 Å². The molecule has 0 rings (SSSR count). The number of hydrogen-bond acceptors (Lipinski definition) is 5. The van der Waals surface area contributed by atoms with Gasteiger partial charge in [-0.2, -0.15) is 0 Å². The molecule has 0 aliphatic rings. The molecule has 0 aromatic heterocycles. The average molecular weight is 975 g/mol. The SMILES string of the molecule is CCCCCCCCCCCCCC/C=C/C(O)C(CO)NC(=O)CCCCCCCCCCCCCCCCCCCCCCCCCCOC(=O)CCCCCCCCCCCCCCCC. The summed E-state index contributed by atoms with van der Waals surface area (Å²) in [5.74, 6) is -0.0470. The first kappa shape index (κ1) is 67.6. The van der Waals surface area contributed by atoms with Crippen LogP contribution in [0, 0.1) is 0 Å². The third-order valence-corrected chi connectivity index (χ3v) is 14.8. The summed E-state index contributed by atoms with van der Waals surface area (Å²) in [6.45, 7) is 4.93. The Morgan fingerprint density at radius 1 is 0.391 bits per heavy atom. The molecule has 2 atom stereocenters. The maximum atomic E-state index is 12.5. The minimum absolute atomic E-state index is 0.0178. The average Bonchev–Trinajstić information content (AvgIpc) is 3.35. The largest absolute Gasteiger partial charge is 0.466 e. The Balaban J connectivity index is 3.36. The first-order valence-electron chi connectivity index (χ1n) is 31.5. The summed E-state index contributed by atoms with van der Waals surface area (Å²) < 4.78 is 5.49. The Kier molecular flexibility index (Phi) is 58.0. The van der Waals surface area contributed by atoms with E-state index < -0.39 is 12.1 Å². The van der Waals surface area contributed by atoms with Crippen molar-refractivity contribution in [3.8, 4) is 0 Å². The molecule has 0 radical (unpaired) electrons. The first-order valence-corrected chi connectivity index (χ1v) is 31.5. The fourth-order valence-electron chi connectivity index (χ4n) is 9.99. The van der Waals surface area contributed by atoms with Crippen LogP contribution in [-0.4, -0.2) is 47.4 Å². The third-order valence-electron chi connectivity index (χ3n) is 14.8. The number of ether oxygens (including phenoxy) is 1. The number of aliphatic hydroxyl groups is 2. The monoisotopic (exact) mass is 974 g/mol. The predicted octanol–water partition coefficient (Wildman–Crippen LogP) is 19.6. The van der Waals surface area contributed by atoms with Crippen molar-refractivity contribution in [3.63, 3.8) is 0 Å². The number of carbonyl (C=O) groups excluding carboxylic acids is 2. The molecule has 2 unspecified atom stereocenters. The second-order valence-electron chi connectivity index (χ2n) is 21.8. The molecule has 0 aliphatic heterocycles. The van der Waals surface area contributed by atoms with Crippen molar-refractivity contribution in [1.29, 1.82) is 0 Å². The highest BCUT2D eigenvalue weighted by molar-refractivity contribution is 5.76. The lowest BCUT2D eigenvalue weighted by Crippen LogP contribution is -2.45. The molecular formula is C63H123NO5. The van der Waals surface area contributed by atoms with Gasteiger partial charge in [0.1, 0.15) is 0 Å². The summed E-state index contributed by atoms with van der Waals surface area (Å²) in [5, 5.41) is 23.1. The summed E-state index contributed by atoms with van der Waals surface area (Å²) >= 11 is 0. The number of aliphatic hydroxyl groups excluding tert-OH is 2. The molecular weight excluding hydrogens is 851 g/mol. The molecule has 0 aromatic carbocycles. The van der Waals surface area contributed by atoms with Crippen LogP contribution in [0.5, 0.6) is 0 Å². The molecule has 0 saturated heterocycles. The molecule has 3 N–H and O–H groups in total. The topological polar surface area (TPSA) is 95.9 Å². The van der Waals surface area contributed by atoms with Gasteiger partial charge in [-0.15, -0.1) is 0 Å². The zero-order valence-electron chi connectivity index (χ0n) is 46.8.